The number of likely N-dealkylation sites (N-methyl/N-ethyl adjacent to an activating group) is 1. The molecular formula is C13H20N2. The van der Waals surface area contributed by atoms with Crippen molar-refractivity contribution in [1.82, 2.24) is 9.88 Å². The summed E-state index contributed by atoms with van der Waals surface area (Å²) in [5.74, 6) is 0.539. The minimum Gasteiger partial charge on any atom is -0.299 e. The third-order valence-electron chi connectivity index (χ3n) is 3.26. The molecule has 0 saturated heterocycles. The average Bonchev–Trinajstić information content (AvgIpc) is 2.27. The highest BCUT2D eigenvalue weighted by molar-refractivity contribution is 5.33. The number of pyridine rings is 1. The van der Waals surface area contributed by atoms with E-state index in [-0.39, 0.29) is 0 Å². The molecule has 2 rings (SSSR count). The number of hydrogen-bond acceptors (Lipinski definition) is 2. The Hall–Kier alpha value is -0.890. The molecule has 0 atom stereocenters. The fourth-order valence-electron chi connectivity index (χ4n) is 2.32. The van der Waals surface area contributed by atoms with Gasteiger partial charge in [0.2, 0.25) is 0 Å². The van der Waals surface area contributed by atoms with Gasteiger partial charge in [-0.25, -0.2) is 0 Å². The van der Waals surface area contributed by atoms with Crippen LogP contribution in [-0.4, -0.2) is 23.0 Å². The Kier molecular flexibility index (Phi) is 3.06. The number of aromatic nitrogens is 1. The highest BCUT2D eigenvalue weighted by Crippen LogP contribution is 2.25. The van der Waals surface area contributed by atoms with Crippen LogP contribution in [0.15, 0.2) is 12.3 Å². The molecule has 0 unspecified atom stereocenters. The number of rotatable bonds is 2. The van der Waals surface area contributed by atoms with Crippen molar-refractivity contribution in [3.8, 4) is 0 Å². The van der Waals surface area contributed by atoms with E-state index in [1.54, 1.807) is 0 Å². The molecule has 82 valence electrons. The van der Waals surface area contributed by atoms with Gasteiger partial charge in [-0.1, -0.05) is 20.8 Å². The van der Waals surface area contributed by atoms with Crippen LogP contribution < -0.4 is 0 Å². The van der Waals surface area contributed by atoms with Crippen LogP contribution in [0.5, 0.6) is 0 Å². The average molecular weight is 204 g/mol. The summed E-state index contributed by atoms with van der Waals surface area (Å²) in [4.78, 5) is 7.03. The molecule has 0 saturated carbocycles. The molecule has 0 amide bonds. The van der Waals surface area contributed by atoms with Crippen molar-refractivity contribution in [3.63, 3.8) is 0 Å². The van der Waals surface area contributed by atoms with Gasteiger partial charge in [0.05, 0.1) is 0 Å². The summed E-state index contributed by atoms with van der Waals surface area (Å²) < 4.78 is 0. The summed E-state index contributed by atoms with van der Waals surface area (Å²) in [6.45, 7) is 10.1. The van der Waals surface area contributed by atoms with Gasteiger partial charge >= 0.3 is 0 Å². The molecule has 0 N–H and O–H groups in total. The molecule has 15 heavy (non-hydrogen) atoms. The van der Waals surface area contributed by atoms with E-state index in [0.717, 1.165) is 13.1 Å². The van der Waals surface area contributed by atoms with Crippen LogP contribution in [0.25, 0.3) is 0 Å². The number of nitrogens with zero attached hydrogens (tertiary/aromatic N) is 2. The van der Waals surface area contributed by atoms with Crippen LogP contribution in [0.2, 0.25) is 0 Å². The van der Waals surface area contributed by atoms with Gasteiger partial charge in [0.1, 0.15) is 0 Å². The molecule has 2 nitrogen and oxygen atoms in total. The Balaban J connectivity index is 2.36. The largest absolute Gasteiger partial charge is 0.299 e. The zero-order chi connectivity index (χ0) is 10.8. The first-order valence-corrected chi connectivity index (χ1v) is 5.91. The Bertz CT molecular complexity index is 344. The van der Waals surface area contributed by atoms with Crippen LogP contribution >= 0.6 is 0 Å². The number of hydrogen-bond donors (Lipinski definition) is 0. The van der Waals surface area contributed by atoms with E-state index in [2.05, 4.69) is 36.7 Å². The minimum atomic E-state index is 0.539. The van der Waals surface area contributed by atoms with Crippen molar-refractivity contribution >= 4 is 0 Å². The smallest absolute Gasteiger partial charge is 0.0476 e. The Morgan fingerprint density at radius 2 is 2.27 bits per heavy atom. The lowest BCUT2D eigenvalue weighted by molar-refractivity contribution is 0.266. The summed E-state index contributed by atoms with van der Waals surface area (Å²) in [7, 11) is 0. The molecule has 0 aliphatic carbocycles. The van der Waals surface area contributed by atoms with Gasteiger partial charge in [-0.2, -0.15) is 0 Å². The second kappa shape index (κ2) is 4.31. The Morgan fingerprint density at radius 1 is 1.47 bits per heavy atom. The molecule has 0 spiro atoms. The van der Waals surface area contributed by atoms with Crippen LogP contribution in [0, 0.1) is 0 Å². The van der Waals surface area contributed by atoms with E-state index >= 15 is 0 Å². The van der Waals surface area contributed by atoms with Gasteiger partial charge in [-0.3, -0.25) is 9.88 Å². The lowest BCUT2D eigenvalue weighted by Crippen LogP contribution is -2.31. The van der Waals surface area contributed by atoms with Gasteiger partial charge in [0.25, 0.3) is 0 Å². The summed E-state index contributed by atoms with van der Waals surface area (Å²) in [6.07, 6.45) is 3.15. The van der Waals surface area contributed by atoms with Gasteiger partial charge in [0, 0.05) is 25.0 Å². The quantitative estimate of drug-likeness (QED) is 0.736. The number of fused-ring (bicyclic) bond motifs is 1. The summed E-state index contributed by atoms with van der Waals surface area (Å²) in [5.41, 5.74) is 4.30. The third-order valence-corrected chi connectivity index (χ3v) is 3.26. The van der Waals surface area contributed by atoms with Crippen molar-refractivity contribution in [2.75, 3.05) is 13.1 Å². The predicted molar refractivity (Wildman–Crippen MR) is 63.0 cm³/mol. The normalized spacial score (nSPS) is 16.8. The van der Waals surface area contributed by atoms with Gasteiger partial charge < -0.3 is 0 Å². The zero-order valence-corrected chi connectivity index (χ0v) is 9.95. The maximum absolute atomic E-state index is 4.53. The fourth-order valence-corrected chi connectivity index (χ4v) is 2.32. The second-order valence-corrected chi connectivity index (χ2v) is 4.61. The lowest BCUT2D eigenvalue weighted by Gasteiger charge is -2.29. The Morgan fingerprint density at radius 3 is 2.93 bits per heavy atom. The highest BCUT2D eigenvalue weighted by Gasteiger charge is 2.19. The third kappa shape index (κ3) is 2.05. The monoisotopic (exact) mass is 204 g/mol. The first-order chi connectivity index (χ1) is 7.22. The van der Waals surface area contributed by atoms with E-state index in [1.807, 2.05) is 6.20 Å². The maximum Gasteiger partial charge on any atom is 0.0476 e. The molecular weight excluding hydrogens is 184 g/mol. The molecule has 2 heterocycles. The van der Waals surface area contributed by atoms with E-state index in [1.165, 1.54) is 29.8 Å². The molecule has 0 aromatic carbocycles. The summed E-state index contributed by atoms with van der Waals surface area (Å²) in [5, 5.41) is 0. The first kappa shape index (κ1) is 10.6. The van der Waals surface area contributed by atoms with Crippen LogP contribution in [0.1, 0.15) is 43.5 Å². The molecule has 0 radical (unpaired) electrons. The van der Waals surface area contributed by atoms with E-state index in [4.69, 9.17) is 0 Å². The van der Waals surface area contributed by atoms with Crippen LogP contribution in [0.3, 0.4) is 0 Å². The summed E-state index contributed by atoms with van der Waals surface area (Å²) in [6, 6.07) is 2.19. The first-order valence-electron chi connectivity index (χ1n) is 5.91. The molecule has 1 aliphatic heterocycles. The molecule has 1 aromatic heterocycles. The van der Waals surface area contributed by atoms with Crippen molar-refractivity contribution in [3.05, 3.63) is 29.1 Å². The molecule has 0 bridgehead atoms. The van der Waals surface area contributed by atoms with E-state index in [9.17, 15) is 0 Å². The van der Waals surface area contributed by atoms with Crippen molar-refractivity contribution in [2.45, 2.75) is 39.7 Å². The second-order valence-electron chi connectivity index (χ2n) is 4.61. The van der Waals surface area contributed by atoms with Gasteiger partial charge in [-0.15, -0.1) is 0 Å². The minimum absolute atomic E-state index is 0.539. The molecule has 1 aliphatic rings. The zero-order valence-electron chi connectivity index (χ0n) is 9.95. The highest BCUT2D eigenvalue weighted by atomic mass is 15.1. The molecule has 1 aromatic rings. The maximum atomic E-state index is 4.53. The van der Waals surface area contributed by atoms with Gasteiger partial charge in [-0.05, 0) is 36.1 Å². The van der Waals surface area contributed by atoms with Crippen LogP contribution in [0.4, 0.5) is 0 Å². The van der Waals surface area contributed by atoms with Gasteiger partial charge in [0.15, 0.2) is 0 Å². The van der Waals surface area contributed by atoms with Crippen molar-refractivity contribution in [2.24, 2.45) is 0 Å². The fraction of sp³-hybridized carbons (Fsp3) is 0.615. The Labute approximate surface area is 92.3 Å². The predicted octanol–water partition coefficient (Wildman–Crippen LogP) is 2.58. The lowest BCUT2D eigenvalue weighted by atomic mass is 9.94. The van der Waals surface area contributed by atoms with Crippen molar-refractivity contribution < 1.29 is 0 Å². The van der Waals surface area contributed by atoms with E-state index in [0.29, 0.717) is 5.92 Å². The van der Waals surface area contributed by atoms with Crippen LogP contribution in [-0.2, 0) is 13.0 Å². The topological polar surface area (TPSA) is 16.1 Å². The molecule has 0 fully saturated rings. The molecule has 2 heteroatoms. The standard InChI is InChI=1S/C13H20N2/c1-4-15-8-6-11-5-7-14-13(10(2)3)12(11)9-15/h5,7,10H,4,6,8-9H2,1-3H3. The SMILES string of the molecule is CCN1CCc2ccnc(C(C)C)c2C1. The van der Waals surface area contributed by atoms with E-state index < -0.39 is 0 Å². The van der Waals surface area contributed by atoms with Crippen molar-refractivity contribution in [1.29, 1.82) is 0 Å². The summed E-state index contributed by atoms with van der Waals surface area (Å²) >= 11 is 0.